The van der Waals surface area contributed by atoms with Crippen molar-refractivity contribution in [3.8, 4) is 0 Å². The molecule has 0 aromatic heterocycles. The van der Waals surface area contributed by atoms with Gasteiger partial charge < -0.3 is 4.90 Å². The smallest absolute Gasteiger partial charge is 0.224 e. The first kappa shape index (κ1) is 7.10. The molecule has 0 aromatic rings. The van der Waals surface area contributed by atoms with Gasteiger partial charge in [0, 0.05) is 13.0 Å². The molecule has 0 unspecified atom stereocenters. The molecule has 0 aliphatic carbocycles. The third kappa shape index (κ3) is 0.948. The van der Waals surface area contributed by atoms with Gasteiger partial charge in [0.25, 0.3) is 0 Å². The van der Waals surface area contributed by atoms with Crippen molar-refractivity contribution < 1.29 is 4.79 Å². The van der Waals surface area contributed by atoms with Crippen LogP contribution in [0.3, 0.4) is 0 Å². The molecule has 0 saturated carbocycles. The van der Waals surface area contributed by atoms with Crippen LogP contribution in [-0.2, 0) is 4.79 Å². The van der Waals surface area contributed by atoms with Crippen LogP contribution >= 0.6 is 0 Å². The van der Waals surface area contributed by atoms with Crippen molar-refractivity contribution in [3.63, 3.8) is 0 Å². The number of rotatable bonds is 0. The van der Waals surface area contributed by atoms with Gasteiger partial charge in [0.1, 0.15) is 0 Å². The first-order valence-corrected chi connectivity index (χ1v) is 4.28. The summed E-state index contributed by atoms with van der Waals surface area (Å²) >= 11 is 0. The fourth-order valence-electron chi connectivity index (χ4n) is 2.05. The number of carbonyl (C=O) groups excluding carboxylic acids is 1. The molecule has 0 aromatic carbocycles. The highest BCUT2D eigenvalue weighted by Crippen LogP contribution is 2.29. The van der Waals surface area contributed by atoms with Crippen LogP contribution in [0.4, 0.5) is 0 Å². The van der Waals surface area contributed by atoms with Crippen molar-refractivity contribution in [2.24, 2.45) is 0 Å². The molecule has 11 heavy (non-hydrogen) atoms. The Morgan fingerprint density at radius 1 is 1.64 bits per heavy atom. The van der Waals surface area contributed by atoms with Crippen LogP contribution in [0.15, 0.2) is 0 Å². The van der Waals surface area contributed by atoms with Crippen molar-refractivity contribution in [2.45, 2.75) is 31.8 Å². The number of hydrogen-bond donors (Lipinski definition) is 1. The van der Waals surface area contributed by atoms with Crippen LogP contribution in [0.1, 0.15) is 26.2 Å². The van der Waals surface area contributed by atoms with Crippen molar-refractivity contribution in [1.29, 1.82) is 0 Å². The zero-order valence-corrected chi connectivity index (χ0v) is 6.89. The fourth-order valence-corrected chi connectivity index (χ4v) is 2.05. The summed E-state index contributed by atoms with van der Waals surface area (Å²) in [5.41, 5.74) is -0.00463. The van der Waals surface area contributed by atoms with E-state index in [4.69, 9.17) is 0 Å². The Bertz CT molecular complexity index is 193. The van der Waals surface area contributed by atoms with Gasteiger partial charge in [0.15, 0.2) is 0 Å². The first-order chi connectivity index (χ1) is 5.22. The van der Waals surface area contributed by atoms with E-state index in [1.165, 1.54) is 0 Å². The molecule has 2 rings (SSSR count). The molecule has 1 N–H and O–H groups in total. The lowest BCUT2D eigenvalue weighted by Crippen LogP contribution is -2.58. The Hall–Kier alpha value is -0.570. The molecule has 2 fully saturated rings. The summed E-state index contributed by atoms with van der Waals surface area (Å²) in [6.45, 7) is 4.12. The van der Waals surface area contributed by atoms with Gasteiger partial charge in [-0.25, -0.2) is 0 Å². The number of hydrogen-bond acceptors (Lipinski definition) is 2. The predicted molar refractivity (Wildman–Crippen MR) is 42.0 cm³/mol. The molecule has 2 heterocycles. The zero-order valence-electron chi connectivity index (χ0n) is 6.89. The monoisotopic (exact) mass is 154 g/mol. The second-order valence-corrected chi connectivity index (χ2v) is 3.60. The molecule has 3 nitrogen and oxygen atoms in total. The molecule has 3 heteroatoms. The van der Waals surface area contributed by atoms with E-state index in [9.17, 15) is 4.79 Å². The predicted octanol–water partition coefficient (Wildman–Crippen LogP) is 0.318. The maximum Gasteiger partial charge on any atom is 0.224 e. The van der Waals surface area contributed by atoms with Gasteiger partial charge in [-0.3, -0.25) is 10.1 Å². The SMILES string of the molecule is C[C@@]12CCC(=O)N1CCCN2. The van der Waals surface area contributed by atoms with Gasteiger partial charge in [-0.1, -0.05) is 0 Å². The molecular weight excluding hydrogens is 140 g/mol. The summed E-state index contributed by atoms with van der Waals surface area (Å²) in [6.07, 6.45) is 2.80. The van der Waals surface area contributed by atoms with E-state index in [0.717, 1.165) is 32.4 Å². The number of nitrogens with one attached hydrogen (secondary N) is 1. The first-order valence-electron chi connectivity index (χ1n) is 4.28. The lowest BCUT2D eigenvalue weighted by Gasteiger charge is -2.40. The topological polar surface area (TPSA) is 32.3 Å². The molecule has 62 valence electrons. The van der Waals surface area contributed by atoms with E-state index in [0.29, 0.717) is 5.91 Å². The van der Waals surface area contributed by atoms with Gasteiger partial charge in [-0.05, 0) is 26.3 Å². The third-order valence-corrected chi connectivity index (χ3v) is 2.79. The Morgan fingerprint density at radius 2 is 2.45 bits per heavy atom. The molecule has 1 atom stereocenters. The highest BCUT2D eigenvalue weighted by molar-refractivity contribution is 5.79. The van der Waals surface area contributed by atoms with Gasteiger partial charge in [0.2, 0.25) is 5.91 Å². The van der Waals surface area contributed by atoms with Crippen molar-refractivity contribution in [1.82, 2.24) is 10.2 Å². The molecule has 0 spiro atoms. The van der Waals surface area contributed by atoms with Crippen LogP contribution in [0.5, 0.6) is 0 Å². The van der Waals surface area contributed by atoms with Crippen molar-refractivity contribution >= 4 is 5.91 Å². The number of carbonyl (C=O) groups is 1. The average Bonchev–Trinajstić information content (AvgIpc) is 2.29. The fraction of sp³-hybridized carbons (Fsp3) is 0.875. The highest BCUT2D eigenvalue weighted by Gasteiger charge is 2.42. The maximum atomic E-state index is 11.3. The van der Waals surface area contributed by atoms with E-state index >= 15 is 0 Å². The standard InChI is InChI=1S/C8H14N2O/c1-8-4-3-7(11)10(8)6-2-5-9-8/h9H,2-6H2,1H3/t8-/m0/s1. The number of fused-ring (bicyclic) bond motifs is 1. The Kier molecular flexibility index (Phi) is 1.42. The van der Waals surface area contributed by atoms with E-state index in [-0.39, 0.29) is 5.66 Å². The lowest BCUT2D eigenvalue weighted by atomic mass is 10.1. The minimum Gasteiger partial charge on any atom is -0.325 e. The molecule has 2 saturated heterocycles. The molecule has 2 aliphatic heterocycles. The van der Waals surface area contributed by atoms with E-state index in [1.54, 1.807) is 0 Å². The molecule has 1 amide bonds. The maximum absolute atomic E-state index is 11.3. The summed E-state index contributed by atoms with van der Waals surface area (Å²) in [4.78, 5) is 13.3. The summed E-state index contributed by atoms with van der Waals surface area (Å²) in [6, 6.07) is 0. The highest BCUT2D eigenvalue weighted by atomic mass is 16.2. The van der Waals surface area contributed by atoms with Crippen LogP contribution in [0.25, 0.3) is 0 Å². The van der Waals surface area contributed by atoms with Gasteiger partial charge in [-0.2, -0.15) is 0 Å². The molecule has 0 bridgehead atoms. The van der Waals surface area contributed by atoms with Crippen LogP contribution in [0.2, 0.25) is 0 Å². The Morgan fingerprint density at radius 3 is 3.18 bits per heavy atom. The number of nitrogens with zero attached hydrogens (tertiary/aromatic N) is 1. The van der Waals surface area contributed by atoms with E-state index in [2.05, 4.69) is 12.2 Å². The van der Waals surface area contributed by atoms with Crippen LogP contribution in [0, 0.1) is 0 Å². The van der Waals surface area contributed by atoms with Crippen LogP contribution in [-0.4, -0.2) is 29.6 Å². The Balaban J connectivity index is 2.21. The second-order valence-electron chi connectivity index (χ2n) is 3.60. The van der Waals surface area contributed by atoms with Gasteiger partial charge in [-0.15, -0.1) is 0 Å². The lowest BCUT2D eigenvalue weighted by molar-refractivity contribution is -0.132. The third-order valence-electron chi connectivity index (χ3n) is 2.79. The van der Waals surface area contributed by atoms with E-state index < -0.39 is 0 Å². The van der Waals surface area contributed by atoms with Crippen LogP contribution < -0.4 is 5.32 Å². The number of amides is 1. The van der Waals surface area contributed by atoms with Gasteiger partial charge in [0.05, 0.1) is 5.66 Å². The molecule has 2 aliphatic rings. The van der Waals surface area contributed by atoms with Gasteiger partial charge >= 0.3 is 0 Å². The largest absolute Gasteiger partial charge is 0.325 e. The average molecular weight is 154 g/mol. The Labute approximate surface area is 66.8 Å². The van der Waals surface area contributed by atoms with Crippen molar-refractivity contribution in [2.75, 3.05) is 13.1 Å². The summed E-state index contributed by atoms with van der Waals surface area (Å²) in [5, 5.41) is 3.39. The summed E-state index contributed by atoms with van der Waals surface area (Å²) in [5.74, 6) is 0.319. The molecular formula is C8H14N2O. The minimum absolute atomic E-state index is 0.00463. The minimum atomic E-state index is -0.00463. The zero-order chi connectivity index (χ0) is 7.90. The summed E-state index contributed by atoms with van der Waals surface area (Å²) in [7, 11) is 0. The normalized spacial score (nSPS) is 37.5. The van der Waals surface area contributed by atoms with E-state index in [1.807, 2.05) is 4.90 Å². The molecule has 0 radical (unpaired) electrons. The van der Waals surface area contributed by atoms with Crippen molar-refractivity contribution in [3.05, 3.63) is 0 Å². The second kappa shape index (κ2) is 2.21. The summed E-state index contributed by atoms with van der Waals surface area (Å²) < 4.78 is 0. The quantitative estimate of drug-likeness (QED) is 0.545.